The maximum Gasteiger partial charge on any atom is 0.345 e. The van der Waals surface area contributed by atoms with Crippen molar-refractivity contribution in [3.63, 3.8) is 0 Å². The van der Waals surface area contributed by atoms with Gasteiger partial charge >= 0.3 is 5.97 Å². The summed E-state index contributed by atoms with van der Waals surface area (Å²) < 4.78 is 0. The van der Waals surface area contributed by atoms with E-state index < -0.39 is 5.97 Å². The lowest BCUT2D eigenvalue weighted by atomic mass is 10.4. The highest BCUT2D eigenvalue weighted by molar-refractivity contribution is 8.00. The molecule has 0 aromatic carbocycles. The van der Waals surface area contributed by atoms with Crippen molar-refractivity contribution in [2.75, 3.05) is 6.54 Å². The number of thiophene rings is 1. The van der Waals surface area contributed by atoms with Gasteiger partial charge in [0.1, 0.15) is 4.88 Å². The van der Waals surface area contributed by atoms with Crippen LogP contribution in [0.25, 0.3) is 0 Å². The van der Waals surface area contributed by atoms with Crippen molar-refractivity contribution in [3.8, 4) is 0 Å². The Bertz CT molecular complexity index is 389. The van der Waals surface area contributed by atoms with Crippen LogP contribution in [0.5, 0.6) is 0 Å². The molecule has 1 aromatic rings. The third kappa shape index (κ3) is 3.53. The Balaban J connectivity index is 2.59. The molecule has 4 nitrogen and oxygen atoms in total. The van der Waals surface area contributed by atoms with Crippen molar-refractivity contribution < 1.29 is 14.7 Å². The summed E-state index contributed by atoms with van der Waals surface area (Å²) in [6.07, 6.45) is 0. The molecule has 0 aliphatic rings. The number of hydrogen-bond donors (Lipinski definition) is 2. The monoisotopic (exact) mass is 259 g/mol. The number of rotatable bonds is 5. The minimum absolute atomic E-state index is 0.0319. The van der Waals surface area contributed by atoms with E-state index >= 15 is 0 Å². The number of carbonyl (C=O) groups excluding carboxylic acids is 1. The van der Waals surface area contributed by atoms with Gasteiger partial charge in [-0.2, -0.15) is 0 Å². The summed E-state index contributed by atoms with van der Waals surface area (Å²) in [7, 11) is 0. The van der Waals surface area contributed by atoms with Gasteiger partial charge in [0.2, 0.25) is 5.91 Å². The van der Waals surface area contributed by atoms with Crippen LogP contribution in [0.4, 0.5) is 0 Å². The van der Waals surface area contributed by atoms with E-state index in [9.17, 15) is 9.59 Å². The van der Waals surface area contributed by atoms with E-state index in [1.165, 1.54) is 23.1 Å². The number of carbonyl (C=O) groups is 2. The van der Waals surface area contributed by atoms with Gasteiger partial charge in [-0.25, -0.2) is 4.79 Å². The molecule has 0 radical (unpaired) electrons. The Morgan fingerprint density at radius 3 is 2.81 bits per heavy atom. The first kappa shape index (κ1) is 13.1. The number of aromatic carboxylic acids is 1. The lowest BCUT2D eigenvalue weighted by molar-refractivity contribution is -0.120. The largest absolute Gasteiger partial charge is 0.477 e. The van der Waals surface area contributed by atoms with Gasteiger partial charge in [-0.3, -0.25) is 4.79 Å². The Labute approximate surface area is 102 Å². The van der Waals surface area contributed by atoms with Gasteiger partial charge in [0.15, 0.2) is 0 Å². The summed E-state index contributed by atoms with van der Waals surface area (Å²) in [5, 5.41) is 13.0. The number of nitrogens with one attached hydrogen (secondary N) is 1. The summed E-state index contributed by atoms with van der Waals surface area (Å²) in [5.74, 6) is -0.960. The molecule has 1 heterocycles. The van der Waals surface area contributed by atoms with Crippen molar-refractivity contribution in [1.82, 2.24) is 5.32 Å². The molecule has 0 bridgehead atoms. The number of thioether (sulfide) groups is 1. The van der Waals surface area contributed by atoms with Crippen LogP contribution < -0.4 is 5.32 Å². The molecule has 1 aromatic heterocycles. The molecule has 0 aliphatic heterocycles. The van der Waals surface area contributed by atoms with E-state index in [-0.39, 0.29) is 11.2 Å². The molecular weight excluding hydrogens is 246 g/mol. The third-order valence-electron chi connectivity index (χ3n) is 1.82. The zero-order valence-corrected chi connectivity index (χ0v) is 10.7. The zero-order valence-electron chi connectivity index (χ0n) is 9.02. The van der Waals surface area contributed by atoms with Gasteiger partial charge < -0.3 is 10.4 Å². The molecule has 1 atom stereocenters. The summed E-state index contributed by atoms with van der Waals surface area (Å²) >= 11 is 2.54. The minimum atomic E-state index is -0.928. The van der Waals surface area contributed by atoms with E-state index in [1.807, 2.05) is 6.92 Å². The SMILES string of the molecule is CCNC(=O)C(C)Sc1csc(C(=O)O)c1. The number of carboxylic acid groups (broad SMARTS) is 1. The summed E-state index contributed by atoms with van der Waals surface area (Å²) in [4.78, 5) is 23.2. The van der Waals surface area contributed by atoms with Crippen LogP contribution in [-0.4, -0.2) is 28.8 Å². The van der Waals surface area contributed by atoms with Crippen LogP contribution >= 0.6 is 23.1 Å². The van der Waals surface area contributed by atoms with Crippen LogP contribution in [-0.2, 0) is 4.79 Å². The molecule has 0 spiro atoms. The molecule has 16 heavy (non-hydrogen) atoms. The molecule has 1 rings (SSSR count). The van der Waals surface area contributed by atoms with E-state index in [0.29, 0.717) is 11.4 Å². The van der Waals surface area contributed by atoms with Crippen LogP contribution in [0.3, 0.4) is 0 Å². The maximum absolute atomic E-state index is 11.4. The predicted octanol–water partition coefficient (Wildman–Crippen LogP) is 2.06. The Morgan fingerprint density at radius 2 is 2.31 bits per heavy atom. The second-order valence-electron chi connectivity index (χ2n) is 3.11. The number of amides is 1. The quantitative estimate of drug-likeness (QED) is 0.794. The second-order valence-corrected chi connectivity index (χ2v) is 5.43. The molecule has 6 heteroatoms. The summed E-state index contributed by atoms with van der Waals surface area (Å²) in [5.41, 5.74) is 0. The smallest absolute Gasteiger partial charge is 0.345 e. The topological polar surface area (TPSA) is 66.4 Å². The fraction of sp³-hybridized carbons (Fsp3) is 0.400. The van der Waals surface area contributed by atoms with Crippen molar-refractivity contribution >= 4 is 35.0 Å². The molecule has 0 aliphatic carbocycles. The minimum Gasteiger partial charge on any atom is -0.477 e. The van der Waals surface area contributed by atoms with E-state index in [0.717, 1.165) is 4.90 Å². The molecule has 88 valence electrons. The normalized spacial score (nSPS) is 12.1. The molecule has 0 saturated carbocycles. The number of hydrogen-bond acceptors (Lipinski definition) is 4. The van der Waals surface area contributed by atoms with Crippen LogP contribution in [0.1, 0.15) is 23.5 Å². The van der Waals surface area contributed by atoms with Gasteiger partial charge in [-0.05, 0) is 19.9 Å². The van der Waals surface area contributed by atoms with Crippen molar-refractivity contribution in [2.45, 2.75) is 24.0 Å². The van der Waals surface area contributed by atoms with Gasteiger partial charge in [-0.1, -0.05) is 0 Å². The lowest BCUT2D eigenvalue weighted by Crippen LogP contribution is -2.30. The fourth-order valence-corrected chi connectivity index (χ4v) is 2.90. The van der Waals surface area contributed by atoms with Crippen LogP contribution in [0.2, 0.25) is 0 Å². The lowest BCUT2D eigenvalue weighted by Gasteiger charge is -2.08. The first-order valence-corrected chi connectivity index (χ1v) is 6.56. The fourth-order valence-electron chi connectivity index (χ4n) is 1.07. The van der Waals surface area contributed by atoms with E-state index in [2.05, 4.69) is 5.32 Å². The highest BCUT2D eigenvalue weighted by Gasteiger charge is 2.15. The van der Waals surface area contributed by atoms with Crippen molar-refractivity contribution in [1.29, 1.82) is 0 Å². The van der Waals surface area contributed by atoms with Gasteiger partial charge in [0, 0.05) is 16.8 Å². The third-order valence-corrected chi connectivity index (χ3v) is 3.96. The molecular formula is C10H13NO3S2. The summed E-state index contributed by atoms with van der Waals surface area (Å²) in [6.45, 7) is 4.27. The molecule has 1 unspecified atom stereocenters. The van der Waals surface area contributed by atoms with E-state index in [4.69, 9.17) is 5.11 Å². The highest BCUT2D eigenvalue weighted by atomic mass is 32.2. The Kier molecular flexibility index (Phi) is 4.82. The Hall–Kier alpha value is -1.01. The predicted molar refractivity (Wildman–Crippen MR) is 65.3 cm³/mol. The van der Waals surface area contributed by atoms with Crippen LogP contribution in [0.15, 0.2) is 16.3 Å². The van der Waals surface area contributed by atoms with Gasteiger partial charge in [0.05, 0.1) is 5.25 Å². The average molecular weight is 259 g/mol. The first-order valence-electron chi connectivity index (χ1n) is 4.80. The standard InChI is InChI=1S/C10H13NO3S2/c1-3-11-9(12)6(2)16-7-4-8(10(13)14)15-5-7/h4-6H,3H2,1-2H3,(H,11,12)(H,13,14). The van der Waals surface area contributed by atoms with Gasteiger partial charge in [0.25, 0.3) is 0 Å². The molecule has 0 saturated heterocycles. The first-order chi connectivity index (χ1) is 7.54. The molecule has 1 amide bonds. The van der Waals surface area contributed by atoms with Crippen molar-refractivity contribution in [3.05, 3.63) is 16.3 Å². The average Bonchev–Trinajstić information content (AvgIpc) is 2.66. The molecule has 0 fully saturated rings. The summed E-state index contributed by atoms with van der Waals surface area (Å²) in [6, 6.07) is 1.59. The van der Waals surface area contributed by atoms with Gasteiger partial charge in [-0.15, -0.1) is 23.1 Å². The Morgan fingerprint density at radius 1 is 1.62 bits per heavy atom. The number of carboxylic acids is 1. The molecule has 2 N–H and O–H groups in total. The van der Waals surface area contributed by atoms with Crippen molar-refractivity contribution in [2.24, 2.45) is 0 Å². The maximum atomic E-state index is 11.4. The van der Waals surface area contributed by atoms with Crippen LogP contribution in [0, 0.1) is 0 Å². The zero-order chi connectivity index (χ0) is 12.1. The van der Waals surface area contributed by atoms with E-state index in [1.54, 1.807) is 18.4 Å². The second kappa shape index (κ2) is 5.91. The highest BCUT2D eigenvalue weighted by Crippen LogP contribution is 2.28.